The molecule has 0 spiro atoms. The van der Waals surface area contributed by atoms with E-state index in [4.69, 9.17) is 10.8 Å². The van der Waals surface area contributed by atoms with E-state index in [-0.39, 0.29) is 0 Å². The SMILES string of the molecule is C=CC(N)O. The van der Waals surface area contributed by atoms with Gasteiger partial charge in [0.25, 0.3) is 0 Å². The third-order valence-corrected chi connectivity index (χ3v) is 0.241. The van der Waals surface area contributed by atoms with Gasteiger partial charge < -0.3 is 10.8 Å². The predicted molar refractivity (Wildman–Crippen MR) is 20.4 cm³/mol. The van der Waals surface area contributed by atoms with Crippen molar-refractivity contribution < 1.29 is 5.11 Å². The fourth-order valence-corrected chi connectivity index (χ4v) is 0. The maximum atomic E-state index is 8.02. The Hall–Kier alpha value is -0.340. The second kappa shape index (κ2) is 1.93. The van der Waals surface area contributed by atoms with Gasteiger partial charge in [-0.25, -0.2) is 0 Å². The van der Waals surface area contributed by atoms with E-state index in [1.54, 1.807) is 0 Å². The first-order chi connectivity index (χ1) is 2.27. The maximum Gasteiger partial charge on any atom is 0.121 e. The topological polar surface area (TPSA) is 46.2 Å². The number of hydrogen-bond donors (Lipinski definition) is 2. The normalized spacial score (nSPS) is 14.0. The van der Waals surface area contributed by atoms with E-state index in [1.165, 1.54) is 6.08 Å². The molecule has 0 aromatic rings. The molecule has 0 bridgehead atoms. The molecular formula is C3H7NO. The molecule has 3 N–H and O–H groups in total. The molecule has 0 aromatic carbocycles. The summed E-state index contributed by atoms with van der Waals surface area (Å²) in [6.45, 7) is 3.19. The van der Waals surface area contributed by atoms with Crippen molar-refractivity contribution in [1.29, 1.82) is 0 Å². The molecule has 1 atom stereocenters. The summed E-state index contributed by atoms with van der Waals surface area (Å²) < 4.78 is 0. The monoisotopic (exact) mass is 73.1 g/mol. The van der Waals surface area contributed by atoms with Gasteiger partial charge in [0.1, 0.15) is 6.23 Å². The number of aliphatic hydroxyl groups is 1. The van der Waals surface area contributed by atoms with Crippen molar-refractivity contribution in [3.8, 4) is 0 Å². The molecular weight excluding hydrogens is 66.0 g/mol. The predicted octanol–water partition coefficient (Wildman–Crippen LogP) is -0.550. The molecule has 0 fully saturated rings. The van der Waals surface area contributed by atoms with Gasteiger partial charge in [-0.15, -0.1) is 0 Å². The maximum absolute atomic E-state index is 8.02. The Balaban J connectivity index is 2.83. The van der Waals surface area contributed by atoms with Gasteiger partial charge in [-0.3, -0.25) is 0 Å². The third kappa shape index (κ3) is 3.66. The largest absolute Gasteiger partial charge is 0.375 e. The van der Waals surface area contributed by atoms with Crippen LogP contribution in [0, 0.1) is 0 Å². The summed E-state index contributed by atoms with van der Waals surface area (Å²) in [6, 6.07) is 0. The minimum absolute atomic E-state index is 0.852. The number of aliphatic hydroxyl groups excluding tert-OH is 1. The molecule has 0 heterocycles. The van der Waals surface area contributed by atoms with Crippen LogP contribution in [0.25, 0.3) is 0 Å². The molecule has 0 aliphatic rings. The summed E-state index contributed by atoms with van der Waals surface area (Å²) in [5.41, 5.74) is 4.73. The molecule has 2 heteroatoms. The van der Waals surface area contributed by atoms with E-state index in [2.05, 4.69) is 6.58 Å². The smallest absolute Gasteiger partial charge is 0.121 e. The zero-order chi connectivity index (χ0) is 4.28. The van der Waals surface area contributed by atoms with Gasteiger partial charge >= 0.3 is 0 Å². The minimum atomic E-state index is -0.852. The van der Waals surface area contributed by atoms with E-state index in [9.17, 15) is 0 Å². The zero-order valence-corrected chi connectivity index (χ0v) is 2.89. The van der Waals surface area contributed by atoms with Crippen molar-refractivity contribution in [2.24, 2.45) is 5.73 Å². The van der Waals surface area contributed by atoms with Crippen LogP contribution in [0.2, 0.25) is 0 Å². The van der Waals surface area contributed by atoms with Crippen molar-refractivity contribution in [1.82, 2.24) is 0 Å². The minimum Gasteiger partial charge on any atom is -0.375 e. The van der Waals surface area contributed by atoms with E-state index < -0.39 is 6.23 Å². The standard InChI is InChI=1S/C3H7NO/c1-2-3(4)5/h2-3,5H,1,4H2. The molecule has 0 amide bonds. The highest BCUT2D eigenvalue weighted by atomic mass is 16.3. The van der Waals surface area contributed by atoms with Crippen LogP contribution in [0.1, 0.15) is 0 Å². The Kier molecular flexibility index (Phi) is 1.80. The summed E-state index contributed by atoms with van der Waals surface area (Å²) in [5.74, 6) is 0. The number of rotatable bonds is 1. The lowest BCUT2D eigenvalue weighted by molar-refractivity contribution is 0.232. The lowest BCUT2D eigenvalue weighted by atomic mass is 10.6. The summed E-state index contributed by atoms with van der Waals surface area (Å²) >= 11 is 0. The number of nitrogens with two attached hydrogens (primary N) is 1. The zero-order valence-electron chi connectivity index (χ0n) is 2.89. The molecule has 0 aliphatic heterocycles. The molecule has 5 heavy (non-hydrogen) atoms. The average molecular weight is 73.1 g/mol. The molecule has 1 unspecified atom stereocenters. The second-order valence-corrected chi connectivity index (χ2v) is 0.726. The van der Waals surface area contributed by atoms with Crippen molar-refractivity contribution in [2.45, 2.75) is 6.23 Å². The highest BCUT2D eigenvalue weighted by Gasteiger charge is 1.74. The fraction of sp³-hybridized carbons (Fsp3) is 0.333. The van der Waals surface area contributed by atoms with Gasteiger partial charge in [-0.05, 0) is 6.08 Å². The van der Waals surface area contributed by atoms with Gasteiger partial charge in [-0.1, -0.05) is 6.58 Å². The van der Waals surface area contributed by atoms with Crippen molar-refractivity contribution >= 4 is 0 Å². The van der Waals surface area contributed by atoms with Crippen LogP contribution in [0.4, 0.5) is 0 Å². The average Bonchev–Trinajstić information content (AvgIpc) is 1.38. The lowest BCUT2D eigenvalue weighted by Crippen LogP contribution is -2.13. The van der Waals surface area contributed by atoms with Crippen LogP contribution in [-0.4, -0.2) is 11.3 Å². The van der Waals surface area contributed by atoms with Crippen LogP contribution in [0.5, 0.6) is 0 Å². The molecule has 0 aromatic heterocycles. The summed E-state index contributed by atoms with van der Waals surface area (Å²) in [6.07, 6.45) is 0.398. The molecule has 0 radical (unpaired) electrons. The summed E-state index contributed by atoms with van der Waals surface area (Å²) in [5, 5.41) is 8.02. The van der Waals surface area contributed by atoms with Crippen molar-refractivity contribution in [3.63, 3.8) is 0 Å². The van der Waals surface area contributed by atoms with E-state index >= 15 is 0 Å². The Labute approximate surface area is 30.9 Å². The van der Waals surface area contributed by atoms with Crippen LogP contribution in [-0.2, 0) is 0 Å². The molecule has 0 aliphatic carbocycles. The Morgan fingerprint density at radius 2 is 2.20 bits per heavy atom. The molecule has 0 saturated heterocycles. The highest BCUT2D eigenvalue weighted by molar-refractivity contribution is 4.70. The number of hydrogen-bond acceptors (Lipinski definition) is 2. The summed E-state index contributed by atoms with van der Waals surface area (Å²) in [7, 11) is 0. The summed E-state index contributed by atoms with van der Waals surface area (Å²) in [4.78, 5) is 0. The van der Waals surface area contributed by atoms with Crippen molar-refractivity contribution in [3.05, 3.63) is 12.7 Å². The fourth-order valence-electron chi connectivity index (χ4n) is 0. The van der Waals surface area contributed by atoms with E-state index in [0.717, 1.165) is 0 Å². The van der Waals surface area contributed by atoms with Crippen LogP contribution in [0.15, 0.2) is 12.7 Å². The Bertz CT molecular complexity index is 33.9. The van der Waals surface area contributed by atoms with Crippen LogP contribution in [0.3, 0.4) is 0 Å². The van der Waals surface area contributed by atoms with Gasteiger partial charge in [0.05, 0.1) is 0 Å². The highest BCUT2D eigenvalue weighted by Crippen LogP contribution is 1.61. The molecule has 2 nitrogen and oxygen atoms in total. The van der Waals surface area contributed by atoms with E-state index in [1.807, 2.05) is 0 Å². The molecule has 0 rings (SSSR count). The first kappa shape index (κ1) is 4.66. The quantitative estimate of drug-likeness (QED) is 0.323. The van der Waals surface area contributed by atoms with E-state index in [0.29, 0.717) is 0 Å². The first-order valence-corrected chi connectivity index (χ1v) is 1.33. The van der Waals surface area contributed by atoms with Crippen LogP contribution < -0.4 is 5.73 Å². The molecule has 30 valence electrons. The van der Waals surface area contributed by atoms with Gasteiger partial charge in [0, 0.05) is 0 Å². The second-order valence-electron chi connectivity index (χ2n) is 0.726. The van der Waals surface area contributed by atoms with Crippen LogP contribution >= 0.6 is 0 Å². The Morgan fingerprint density at radius 3 is 2.20 bits per heavy atom. The Morgan fingerprint density at radius 1 is 2.00 bits per heavy atom. The first-order valence-electron chi connectivity index (χ1n) is 1.33. The van der Waals surface area contributed by atoms with Crippen molar-refractivity contribution in [2.75, 3.05) is 0 Å². The lowest BCUT2D eigenvalue weighted by Gasteiger charge is -1.85. The van der Waals surface area contributed by atoms with Gasteiger partial charge in [0.15, 0.2) is 0 Å². The molecule has 0 saturated carbocycles. The third-order valence-electron chi connectivity index (χ3n) is 0.241. The van der Waals surface area contributed by atoms with Gasteiger partial charge in [-0.2, -0.15) is 0 Å². The van der Waals surface area contributed by atoms with Gasteiger partial charge in [0.2, 0.25) is 0 Å².